The van der Waals surface area contributed by atoms with Crippen molar-refractivity contribution in [1.82, 2.24) is 5.32 Å². The predicted molar refractivity (Wildman–Crippen MR) is 58.1 cm³/mol. The number of hydrogen-bond donors (Lipinski definition) is 1. The molecule has 1 atom stereocenters. The molecular weight excluding hydrogens is 162 g/mol. The molecule has 80 valence electrons. The second-order valence-corrected chi connectivity index (χ2v) is 3.63. The van der Waals surface area contributed by atoms with Crippen molar-refractivity contribution in [2.75, 3.05) is 20.2 Å². The summed E-state index contributed by atoms with van der Waals surface area (Å²) >= 11 is 0. The molecule has 0 aliphatic carbocycles. The molecule has 0 amide bonds. The highest BCUT2D eigenvalue weighted by Gasteiger charge is 2.00. The third-order valence-corrected chi connectivity index (χ3v) is 2.19. The number of rotatable bonds is 9. The average molecular weight is 187 g/mol. The predicted octanol–water partition coefficient (Wildman–Crippen LogP) is 2.58. The van der Waals surface area contributed by atoms with Crippen LogP contribution in [0.5, 0.6) is 0 Å². The number of hydrogen-bond acceptors (Lipinski definition) is 2. The monoisotopic (exact) mass is 187 g/mol. The molecule has 0 rings (SSSR count). The maximum absolute atomic E-state index is 5.66. The molecule has 13 heavy (non-hydrogen) atoms. The van der Waals surface area contributed by atoms with E-state index in [2.05, 4.69) is 19.2 Å². The van der Waals surface area contributed by atoms with Crippen molar-refractivity contribution >= 4 is 0 Å². The van der Waals surface area contributed by atoms with E-state index in [1.807, 2.05) is 7.05 Å². The summed E-state index contributed by atoms with van der Waals surface area (Å²) in [4.78, 5) is 0. The molecule has 0 aliphatic rings. The Kier molecular flexibility index (Phi) is 9.94. The molecule has 0 bridgehead atoms. The quantitative estimate of drug-likeness (QED) is 0.560. The van der Waals surface area contributed by atoms with Gasteiger partial charge in [-0.15, -0.1) is 0 Å². The highest BCUT2D eigenvalue weighted by Crippen LogP contribution is 2.03. The first-order valence-corrected chi connectivity index (χ1v) is 5.57. The minimum absolute atomic E-state index is 0.435. The summed E-state index contributed by atoms with van der Waals surface area (Å²) in [5, 5.41) is 3.14. The van der Waals surface area contributed by atoms with Crippen molar-refractivity contribution in [3.63, 3.8) is 0 Å². The Morgan fingerprint density at radius 3 is 2.62 bits per heavy atom. The largest absolute Gasteiger partial charge is 0.379 e. The van der Waals surface area contributed by atoms with Gasteiger partial charge in [0.25, 0.3) is 0 Å². The molecule has 0 radical (unpaired) electrons. The van der Waals surface area contributed by atoms with Crippen LogP contribution in [0.2, 0.25) is 0 Å². The lowest BCUT2D eigenvalue weighted by Gasteiger charge is -2.12. The van der Waals surface area contributed by atoms with Gasteiger partial charge in [-0.3, -0.25) is 0 Å². The van der Waals surface area contributed by atoms with Crippen LogP contribution >= 0.6 is 0 Å². The summed E-state index contributed by atoms with van der Waals surface area (Å²) in [7, 11) is 1.99. The molecule has 0 aromatic heterocycles. The number of unbranched alkanes of at least 4 members (excludes halogenated alkanes) is 2. The van der Waals surface area contributed by atoms with Gasteiger partial charge in [0.2, 0.25) is 0 Å². The zero-order valence-electron chi connectivity index (χ0n) is 9.44. The van der Waals surface area contributed by atoms with E-state index in [1.54, 1.807) is 0 Å². The zero-order chi connectivity index (χ0) is 9.94. The summed E-state index contributed by atoms with van der Waals surface area (Å²) in [5.74, 6) is 0. The first kappa shape index (κ1) is 12.9. The van der Waals surface area contributed by atoms with Gasteiger partial charge in [-0.1, -0.05) is 19.8 Å². The molecule has 0 saturated heterocycles. The molecule has 2 heteroatoms. The van der Waals surface area contributed by atoms with Crippen molar-refractivity contribution < 1.29 is 4.74 Å². The molecule has 0 saturated carbocycles. The Morgan fingerprint density at radius 1 is 1.23 bits per heavy atom. The van der Waals surface area contributed by atoms with Gasteiger partial charge in [0.05, 0.1) is 6.10 Å². The highest BCUT2D eigenvalue weighted by molar-refractivity contribution is 4.52. The lowest BCUT2D eigenvalue weighted by molar-refractivity contribution is 0.0565. The standard InChI is InChI=1S/C11H25NO/c1-4-5-6-10-13-11(2)8-7-9-12-3/h11-12H,4-10H2,1-3H3. The maximum Gasteiger partial charge on any atom is 0.0547 e. The lowest BCUT2D eigenvalue weighted by Crippen LogP contribution is -2.14. The highest BCUT2D eigenvalue weighted by atomic mass is 16.5. The molecule has 0 aromatic carbocycles. The third-order valence-electron chi connectivity index (χ3n) is 2.19. The number of ether oxygens (including phenoxy) is 1. The van der Waals surface area contributed by atoms with Gasteiger partial charge in [-0.25, -0.2) is 0 Å². The van der Waals surface area contributed by atoms with Crippen molar-refractivity contribution in [3.05, 3.63) is 0 Å². The van der Waals surface area contributed by atoms with E-state index in [-0.39, 0.29) is 0 Å². The van der Waals surface area contributed by atoms with Crippen LogP contribution in [-0.2, 0) is 4.74 Å². The average Bonchev–Trinajstić information content (AvgIpc) is 2.13. The molecule has 2 nitrogen and oxygen atoms in total. The fraction of sp³-hybridized carbons (Fsp3) is 1.00. The summed E-state index contributed by atoms with van der Waals surface area (Å²) < 4.78 is 5.66. The summed E-state index contributed by atoms with van der Waals surface area (Å²) in [5.41, 5.74) is 0. The SMILES string of the molecule is CCCCCOC(C)CCCNC. The molecule has 0 spiro atoms. The fourth-order valence-electron chi connectivity index (χ4n) is 1.29. The van der Waals surface area contributed by atoms with Crippen LogP contribution < -0.4 is 5.32 Å². The van der Waals surface area contributed by atoms with Crippen LogP contribution in [0, 0.1) is 0 Å². The van der Waals surface area contributed by atoms with Crippen LogP contribution in [-0.4, -0.2) is 26.3 Å². The van der Waals surface area contributed by atoms with Gasteiger partial charge in [-0.05, 0) is 39.8 Å². The van der Waals surface area contributed by atoms with Crippen LogP contribution in [0.25, 0.3) is 0 Å². The molecule has 0 heterocycles. The van der Waals surface area contributed by atoms with E-state index >= 15 is 0 Å². The van der Waals surface area contributed by atoms with Gasteiger partial charge >= 0.3 is 0 Å². The first-order chi connectivity index (χ1) is 6.31. The van der Waals surface area contributed by atoms with E-state index in [4.69, 9.17) is 4.74 Å². The van der Waals surface area contributed by atoms with Gasteiger partial charge in [0, 0.05) is 6.61 Å². The summed E-state index contributed by atoms with van der Waals surface area (Å²) in [6, 6.07) is 0. The van der Waals surface area contributed by atoms with Crippen molar-refractivity contribution in [1.29, 1.82) is 0 Å². The molecular formula is C11H25NO. The van der Waals surface area contributed by atoms with Crippen molar-refractivity contribution in [3.8, 4) is 0 Å². The summed E-state index contributed by atoms with van der Waals surface area (Å²) in [6.45, 7) is 6.43. The second-order valence-electron chi connectivity index (χ2n) is 3.63. The van der Waals surface area contributed by atoms with E-state index in [1.165, 1.54) is 32.1 Å². The number of nitrogens with one attached hydrogen (secondary N) is 1. The smallest absolute Gasteiger partial charge is 0.0547 e. The minimum Gasteiger partial charge on any atom is -0.379 e. The van der Waals surface area contributed by atoms with E-state index in [0.717, 1.165) is 13.2 Å². The van der Waals surface area contributed by atoms with Crippen molar-refractivity contribution in [2.45, 2.75) is 52.1 Å². The Labute approximate surface area is 83.1 Å². The molecule has 0 fully saturated rings. The maximum atomic E-state index is 5.66. The minimum atomic E-state index is 0.435. The van der Waals surface area contributed by atoms with Gasteiger partial charge in [0.15, 0.2) is 0 Å². The normalized spacial score (nSPS) is 13.2. The molecule has 0 aliphatic heterocycles. The fourth-order valence-corrected chi connectivity index (χ4v) is 1.29. The van der Waals surface area contributed by atoms with Gasteiger partial charge in [-0.2, -0.15) is 0 Å². The van der Waals surface area contributed by atoms with Crippen LogP contribution in [0.15, 0.2) is 0 Å². The van der Waals surface area contributed by atoms with Crippen LogP contribution in [0.4, 0.5) is 0 Å². The van der Waals surface area contributed by atoms with E-state index in [9.17, 15) is 0 Å². The van der Waals surface area contributed by atoms with E-state index < -0.39 is 0 Å². The topological polar surface area (TPSA) is 21.3 Å². The van der Waals surface area contributed by atoms with Gasteiger partial charge in [0.1, 0.15) is 0 Å². The Morgan fingerprint density at radius 2 is 2.00 bits per heavy atom. The van der Waals surface area contributed by atoms with Crippen LogP contribution in [0.3, 0.4) is 0 Å². The lowest BCUT2D eigenvalue weighted by atomic mass is 10.2. The second kappa shape index (κ2) is 10.0. The molecule has 1 unspecified atom stereocenters. The molecule has 1 N–H and O–H groups in total. The Balaban J connectivity index is 3.05. The first-order valence-electron chi connectivity index (χ1n) is 5.57. The van der Waals surface area contributed by atoms with Crippen molar-refractivity contribution in [2.24, 2.45) is 0 Å². The zero-order valence-corrected chi connectivity index (χ0v) is 9.44. The third kappa shape index (κ3) is 9.84. The van der Waals surface area contributed by atoms with Crippen LogP contribution in [0.1, 0.15) is 46.0 Å². The van der Waals surface area contributed by atoms with E-state index in [0.29, 0.717) is 6.10 Å². The van der Waals surface area contributed by atoms with Gasteiger partial charge < -0.3 is 10.1 Å². The summed E-state index contributed by atoms with van der Waals surface area (Å²) in [6.07, 6.45) is 6.61. The molecule has 0 aromatic rings. The Hall–Kier alpha value is -0.0800. The Bertz CT molecular complexity index is 96.1.